The minimum atomic E-state index is -0.212. The maximum absolute atomic E-state index is 13.2. The quantitative estimate of drug-likeness (QED) is 0.899. The van der Waals surface area contributed by atoms with Crippen molar-refractivity contribution in [2.45, 2.75) is 6.92 Å². The number of anilines is 2. The van der Waals surface area contributed by atoms with E-state index >= 15 is 0 Å². The summed E-state index contributed by atoms with van der Waals surface area (Å²) in [5.74, 6) is -0.212. The van der Waals surface area contributed by atoms with Crippen LogP contribution in [0.1, 0.15) is 5.56 Å². The predicted molar refractivity (Wildman–Crippen MR) is 64.2 cm³/mol. The maximum atomic E-state index is 13.2. The van der Waals surface area contributed by atoms with Crippen LogP contribution < -0.4 is 5.32 Å². The molecule has 0 unspecified atom stereocenters. The van der Waals surface area contributed by atoms with E-state index in [1.165, 1.54) is 17.4 Å². The van der Waals surface area contributed by atoms with Gasteiger partial charge in [-0.1, -0.05) is 6.07 Å². The first kappa shape index (κ1) is 10.6. The normalized spacial score (nSPS) is 10.3. The molecule has 0 spiro atoms. The maximum Gasteiger partial charge on any atom is 0.188 e. The molecular weight excluding hydrogens is 279 g/mol. The molecule has 5 heteroatoms. The molecule has 15 heavy (non-hydrogen) atoms. The van der Waals surface area contributed by atoms with E-state index < -0.39 is 0 Å². The van der Waals surface area contributed by atoms with Gasteiger partial charge in [0.15, 0.2) is 5.13 Å². The van der Waals surface area contributed by atoms with Crippen LogP contribution in [0.25, 0.3) is 0 Å². The first-order valence-corrected chi connectivity index (χ1v) is 5.97. The van der Waals surface area contributed by atoms with Gasteiger partial charge < -0.3 is 5.32 Å². The molecule has 78 valence electrons. The summed E-state index contributed by atoms with van der Waals surface area (Å²) in [7, 11) is 0. The van der Waals surface area contributed by atoms with Crippen molar-refractivity contribution in [3.63, 3.8) is 0 Å². The number of aromatic nitrogens is 1. The van der Waals surface area contributed by atoms with Gasteiger partial charge in [0.25, 0.3) is 0 Å². The van der Waals surface area contributed by atoms with E-state index in [9.17, 15) is 4.39 Å². The highest BCUT2D eigenvalue weighted by molar-refractivity contribution is 9.10. The number of hydrogen-bond acceptors (Lipinski definition) is 3. The zero-order valence-electron chi connectivity index (χ0n) is 7.92. The van der Waals surface area contributed by atoms with E-state index in [1.807, 2.05) is 11.4 Å². The smallest absolute Gasteiger partial charge is 0.188 e. The topological polar surface area (TPSA) is 24.9 Å². The zero-order valence-corrected chi connectivity index (χ0v) is 10.3. The summed E-state index contributed by atoms with van der Waals surface area (Å²) in [6, 6.07) is 4.94. The molecule has 0 amide bonds. The fourth-order valence-corrected chi connectivity index (χ4v) is 2.33. The van der Waals surface area contributed by atoms with E-state index in [1.54, 1.807) is 13.0 Å². The van der Waals surface area contributed by atoms with Crippen molar-refractivity contribution in [2.24, 2.45) is 0 Å². The molecule has 1 N–H and O–H groups in total. The molecule has 0 atom stereocenters. The average Bonchev–Trinajstić information content (AvgIpc) is 2.59. The highest BCUT2D eigenvalue weighted by Crippen LogP contribution is 2.26. The van der Waals surface area contributed by atoms with E-state index in [4.69, 9.17) is 0 Å². The lowest BCUT2D eigenvalue weighted by atomic mass is 10.2. The average molecular weight is 287 g/mol. The van der Waals surface area contributed by atoms with Crippen LogP contribution in [0.15, 0.2) is 28.2 Å². The molecule has 0 saturated carbocycles. The second-order valence-electron chi connectivity index (χ2n) is 3.01. The third kappa shape index (κ3) is 2.35. The highest BCUT2D eigenvalue weighted by atomic mass is 79.9. The number of hydrogen-bond donors (Lipinski definition) is 1. The third-order valence-electron chi connectivity index (χ3n) is 1.99. The Bertz CT molecular complexity index is 484. The second kappa shape index (κ2) is 4.28. The van der Waals surface area contributed by atoms with Gasteiger partial charge in [-0.2, -0.15) is 0 Å². The van der Waals surface area contributed by atoms with E-state index in [0.717, 1.165) is 15.4 Å². The SMILES string of the molecule is Cc1c(F)cccc1Nc1nc(Br)cs1. The molecule has 0 aliphatic rings. The van der Waals surface area contributed by atoms with Gasteiger partial charge in [0, 0.05) is 16.6 Å². The van der Waals surface area contributed by atoms with E-state index in [-0.39, 0.29) is 5.82 Å². The van der Waals surface area contributed by atoms with Gasteiger partial charge >= 0.3 is 0 Å². The summed E-state index contributed by atoms with van der Waals surface area (Å²) < 4.78 is 14.0. The summed E-state index contributed by atoms with van der Waals surface area (Å²) in [5.41, 5.74) is 1.35. The number of rotatable bonds is 2. The van der Waals surface area contributed by atoms with E-state index in [0.29, 0.717) is 5.56 Å². The molecule has 2 aromatic rings. The molecule has 2 rings (SSSR count). The van der Waals surface area contributed by atoms with Crippen molar-refractivity contribution in [2.75, 3.05) is 5.32 Å². The molecule has 0 bridgehead atoms. The molecule has 0 fully saturated rings. The fourth-order valence-electron chi connectivity index (χ4n) is 1.17. The molecule has 1 aromatic carbocycles. The molecule has 1 heterocycles. The van der Waals surface area contributed by atoms with Crippen LogP contribution >= 0.6 is 27.3 Å². The second-order valence-corrected chi connectivity index (χ2v) is 4.68. The molecule has 0 saturated heterocycles. The largest absolute Gasteiger partial charge is 0.331 e. The van der Waals surface area contributed by atoms with Gasteiger partial charge in [-0.05, 0) is 35.0 Å². The molecule has 1 aromatic heterocycles. The standard InChI is InChI=1S/C10H8BrFN2S/c1-6-7(12)3-2-4-8(6)13-10-14-9(11)5-15-10/h2-5H,1H3,(H,13,14). The van der Waals surface area contributed by atoms with Crippen LogP contribution in [0.5, 0.6) is 0 Å². The summed E-state index contributed by atoms with van der Waals surface area (Å²) >= 11 is 4.73. The van der Waals surface area contributed by atoms with Crippen LogP contribution in [0, 0.1) is 12.7 Å². The molecular formula is C10H8BrFN2S. The Morgan fingerprint density at radius 3 is 2.93 bits per heavy atom. The molecule has 2 nitrogen and oxygen atoms in total. The van der Waals surface area contributed by atoms with Crippen molar-refractivity contribution in [1.29, 1.82) is 0 Å². The molecule has 0 aliphatic heterocycles. The minimum Gasteiger partial charge on any atom is -0.331 e. The van der Waals surface area contributed by atoms with Gasteiger partial charge in [0.1, 0.15) is 10.4 Å². The van der Waals surface area contributed by atoms with Gasteiger partial charge in [-0.25, -0.2) is 9.37 Å². The number of halogens is 2. The predicted octanol–water partition coefficient (Wildman–Crippen LogP) is 4.10. The van der Waals surface area contributed by atoms with Crippen LogP contribution in [-0.4, -0.2) is 4.98 Å². The zero-order chi connectivity index (χ0) is 10.8. The van der Waals surface area contributed by atoms with Crippen LogP contribution in [0.2, 0.25) is 0 Å². The number of nitrogens with one attached hydrogen (secondary N) is 1. The Morgan fingerprint density at radius 2 is 2.27 bits per heavy atom. The summed E-state index contributed by atoms with van der Waals surface area (Å²) in [5, 5.41) is 5.69. The minimum absolute atomic E-state index is 0.212. The summed E-state index contributed by atoms with van der Waals surface area (Å²) in [6.07, 6.45) is 0. The number of thiazole rings is 1. The molecule has 0 radical (unpaired) electrons. The van der Waals surface area contributed by atoms with Crippen molar-refractivity contribution < 1.29 is 4.39 Å². The third-order valence-corrected chi connectivity index (χ3v) is 3.45. The monoisotopic (exact) mass is 286 g/mol. The Kier molecular flexibility index (Phi) is 3.02. The van der Waals surface area contributed by atoms with Crippen LogP contribution in [0.3, 0.4) is 0 Å². The lowest BCUT2D eigenvalue weighted by molar-refractivity contribution is 0.619. The fraction of sp³-hybridized carbons (Fsp3) is 0.100. The Morgan fingerprint density at radius 1 is 1.47 bits per heavy atom. The lowest BCUT2D eigenvalue weighted by Gasteiger charge is -2.06. The first-order valence-electron chi connectivity index (χ1n) is 4.30. The Labute approximate surface area is 99.3 Å². The van der Waals surface area contributed by atoms with E-state index in [2.05, 4.69) is 26.2 Å². The van der Waals surface area contributed by atoms with Gasteiger partial charge in [0.2, 0.25) is 0 Å². The van der Waals surface area contributed by atoms with Crippen molar-refractivity contribution >= 4 is 38.1 Å². The van der Waals surface area contributed by atoms with Crippen molar-refractivity contribution in [1.82, 2.24) is 4.98 Å². The van der Waals surface area contributed by atoms with Gasteiger partial charge in [0.05, 0.1) is 0 Å². The molecule has 0 aliphatic carbocycles. The summed E-state index contributed by atoms with van der Waals surface area (Å²) in [6.45, 7) is 1.74. The van der Waals surface area contributed by atoms with Crippen molar-refractivity contribution in [3.8, 4) is 0 Å². The Hall–Kier alpha value is -0.940. The van der Waals surface area contributed by atoms with Crippen LogP contribution in [0.4, 0.5) is 15.2 Å². The number of nitrogens with zero attached hydrogens (tertiary/aromatic N) is 1. The first-order chi connectivity index (χ1) is 7.16. The van der Waals surface area contributed by atoms with Crippen molar-refractivity contribution in [3.05, 3.63) is 39.6 Å². The summed E-state index contributed by atoms with van der Waals surface area (Å²) in [4.78, 5) is 4.18. The Balaban J connectivity index is 2.28. The lowest BCUT2D eigenvalue weighted by Crippen LogP contribution is -1.94. The highest BCUT2D eigenvalue weighted by Gasteiger charge is 2.05. The number of benzene rings is 1. The van der Waals surface area contributed by atoms with Crippen LogP contribution in [-0.2, 0) is 0 Å². The van der Waals surface area contributed by atoms with Gasteiger partial charge in [-0.3, -0.25) is 0 Å². The van der Waals surface area contributed by atoms with Gasteiger partial charge in [-0.15, -0.1) is 11.3 Å².